The molecule has 8 nitrogen and oxygen atoms in total. The van der Waals surface area contributed by atoms with Crippen molar-refractivity contribution < 1.29 is 27.5 Å². The Morgan fingerprint density at radius 3 is 2.27 bits per heavy atom. The topological polar surface area (TPSA) is 126 Å². The Morgan fingerprint density at radius 1 is 1.19 bits per heavy atom. The number of hydrogen-bond acceptors (Lipinski definition) is 5. The second-order valence-corrected chi connectivity index (χ2v) is 7.57. The molecule has 140 valence electrons. The number of nitrogens with one attached hydrogen (secondary N) is 2. The Kier molecular flexibility index (Phi) is 5.83. The maximum atomic E-state index is 12.2. The third kappa shape index (κ3) is 4.50. The third-order valence-corrected chi connectivity index (χ3v) is 5.07. The Morgan fingerprint density at radius 2 is 1.81 bits per heavy atom. The van der Waals surface area contributed by atoms with Crippen molar-refractivity contribution in [3.05, 3.63) is 47.4 Å². The zero-order valence-electron chi connectivity index (χ0n) is 14.6. The SMILES string of the molecule is CCc1oc(C(=O)Nc2ccc(S(=O)(=O)NC(C)C)cc2)cc1C(=O)O. The van der Waals surface area contributed by atoms with Crippen LogP contribution in [0.3, 0.4) is 0 Å². The average Bonchev–Trinajstić information content (AvgIpc) is 2.99. The molecule has 0 saturated heterocycles. The standard InChI is InChI=1S/C17H20N2O6S/c1-4-14-13(17(21)22)9-15(25-14)16(20)18-11-5-7-12(8-6-11)26(23,24)19-10(2)3/h5-10,19H,4H2,1-3H3,(H,18,20)(H,21,22). The maximum Gasteiger partial charge on any atom is 0.339 e. The molecule has 0 spiro atoms. The molecule has 0 aliphatic carbocycles. The van der Waals surface area contributed by atoms with Gasteiger partial charge in [-0.3, -0.25) is 4.79 Å². The van der Waals surface area contributed by atoms with E-state index in [1.54, 1.807) is 20.8 Å². The van der Waals surface area contributed by atoms with Crippen LogP contribution in [-0.4, -0.2) is 31.4 Å². The van der Waals surface area contributed by atoms with Gasteiger partial charge in [0.2, 0.25) is 10.0 Å². The molecule has 0 aliphatic rings. The normalized spacial score (nSPS) is 11.5. The fourth-order valence-corrected chi connectivity index (χ4v) is 3.52. The van der Waals surface area contributed by atoms with Crippen molar-refractivity contribution in [1.82, 2.24) is 4.72 Å². The van der Waals surface area contributed by atoms with Gasteiger partial charge >= 0.3 is 5.97 Å². The van der Waals surface area contributed by atoms with Crippen LogP contribution in [0.1, 0.15) is 47.4 Å². The number of anilines is 1. The van der Waals surface area contributed by atoms with Gasteiger partial charge in [0.1, 0.15) is 11.3 Å². The van der Waals surface area contributed by atoms with Gasteiger partial charge in [-0.05, 0) is 38.1 Å². The number of carboxylic acid groups (broad SMARTS) is 1. The number of furan rings is 1. The van der Waals surface area contributed by atoms with Crippen molar-refractivity contribution in [2.24, 2.45) is 0 Å². The van der Waals surface area contributed by atoms with Crippen molar-refractivity contribution in [2.75, 3.05) is 5.32 Å². The molecule has 3 N–H and O–H groups in total. The largest absolute Gasteiger partial charge is 0.478 e. The van der Waals surface area contributed by atoms with Crippen molar-refractivity contribution >= 4 is 27.6 Å². The molecule has 26 heavy (non-hydrogen) atoms. The van der Waals surface area contributed by atoms with Crippen LogP contribution in [-0.2, 0) is 16.4 Å². The first kappa shape index (κ1) is 19.7. The number of aryl methyl sites for hydroxylation is 1. The van der Waals surface area contributed by atoms with Gasteiger partial charge in [0.15, 0.2) is 5.76 Å². The molecule has 0 unspecified atom stereocenters. The summed E-state index contributed by atoms with van der Waals surface area (Å²) < 4.78 is 31.9. The van der Waals surface area contributed by atoms with Gasteiger partial charge in [-0.2, -0.15) is 0 Å². The van der Waals surface area contributed by atoms with Crippen LogP contribution in [0.15, 0.2) is 39.6 Å². The number of benzene rings is 1. The fraction of sp³-hybridized carbons (Fsp3) is 0.294. The highest BCUT2D eigenvalue weighted by Gasteiger charge is 2.20. The highest BCUT2D eigenvalue weighted by Crippen LogP contribution is 2.19. The van der Waals surface area contributed by atoms with Crippen LogP contribution in [0.5, 0.6) is 0 Å². The van der Waals surface area contributed by atoms with E-state index in [1.807, 2.05) is 0 Å². The lowest BCUT2D eigenvalue weighted by Crippen LogP contribution is -2.30. The minimum atomic E-state index is -3.62. The Hall–Kier alpha value is -2.65. The molecule has 0 radical (unpaired) electrons. The second kappa shape index (κ2) is 7.71. The lowest BCUT2D eigenvalue weighted by atomic mass is 10.2. The highest BCUT2D eigenvalue weighted by molar-refractivity contribution is 7.89. The summed E-state index contributed by atoms with van der Waals surface area (Å²) in [5.41, 5.74) is 0.295. The second-order valence-electron chi connectivity index (χ2n) is 5.86. The van der Waals surface area contributed by atoms with E-state index in [1.165, 1.54) is 30.3 Å². The summed E-state index contributed by atoms with van der Waals surface area (Å²) in [6.07, 6.45) is 0.338. The molecule has 0 saturated carbocycles. The van der Waals surface area contributed by atoms with Crippen molar-refractivity contribution in [1.29, 1.82) is 0 Å². The number of carbonyl (C=O) groups excluding carboxylic acids is 1. The van der Waals surface area contributed by atoms with E-state index < -0.39 is 21.9 Å². The van der Waals surface area contributed by atoms with Crippen LogP contribution in [0, 0.1) is 0 Å². The fourth-order valence-electron chi connectivity index (χ4n) is 2.27. The molecule has 0 bridgehead atoms. The summed E-state index contributed by atoms with van der Waals surface area (Å²) in [6.45, 7) is 5.15. The minimum absolute atomic E-state index is 0.0566. The van der Waals surface area contributed by atoms with Gasteiger partial charge in [-0.1, -0.05) is 6.92 Å². The van der Waals surface area contributed by atoms with Gasteiger partial charge in [0.05, 0.1) is 4.90 Å². The first-order valence-electron chi connectivity index (χ1n) is 7.93. The van der Waals surface area contributed by atoms with Crippen LogP contribution in [0.2, 0.25) is 0 Å². The molecule has 1 aromatic heterocycles. The number of aromatic carboxylic acids is 1. The molecule has 2 rings (SSSR count). The number of sulfonamides is 1. The van der Waals surface area contributed by atoms with Gasteiger partial charge < -0.3 is 14.8 Å². The lowest BCUT2D eigenvalue weighted by molar-refractivity contribution is 0.0694. The van der Waals surface area contributed by atoms with Crippen LogP contribution in [0.4, 0.5) is 5.69 Å². The number of carbonyl (C=O) groups is 2. The van der Waals surface area contributed by atoms with Crippen LogP contribution in [0.25, 0.3) is 0 Å². The highest BCUT2D eigenvalue weighted by atomic mass is 32.2. The maximum absolute atomic E-state index is 12.2. The smallest absolute Gasteiger partial charge is 0.339 e. The quantitative estimate of drug-likeness (QED) is 0.677. The molecule has 1 amide bonds. The summed E-state index contributed by atoms with van der Waals surface area (Å²) in [5.74, 6) is -1.71. The van der Waals surface area contributed by atoms with E-state index in [0.717, 1.165) is 0 Å². The van der Waals surface area contributed by atoms with Crippen molar-refractivity contribution in [3.63, 3.8) is 0 Å². The molecule has 9 heteroatoms. The summed E-state index contributed by atoms with van der Waals surface area (Å²) in [5, 5.41) is 11.6. The molecular formula is C17H20N2O6S. The zero-order valence-corrected chi connectivity index (χ0v) is 15.4. The number of rotatable bonds is 7. The predicted molar refractivity (Wildman–Crippen MR) is 94.9 cm³/mol. The lowest BCUT2D eigenvalue weighted by Gasteiger charge is -2.10. The minimum Gasteiger partial charge on any atom is -0.478 e. The molecule has 1 heterocycles. The zero-order chi connectivity index (χ0) is 19.5. The molecule has 0 aliphatic heterocycles. The summed E-state index contributed by atoms with van der Waals surface area (Å²) in [6, 6.07) is 6.53. The Balaban J connectivity index is 2.17. The van der Waals surface area contributed by atoms with Gasteiger partial charge in [-0.25, -0.2) is 17.9 Å². The summed E-state index contributed by atoms with van der Waals surface area (Å²) in [4.78, 5) is 23.4. The molecule has 1 aromatic carbocycles. The van der Waals surface area contributed by atoms with Gasteiger partial charge in [-0.15, -0.1) is 0 Å². The summed E-state index contributed by atoms with van der Waals surface area (Å²) in [7, 11) is -3.62. The van der Waals surface area contributed by atoms with E-state index in [2.05, 4.69) is 10.0 Å². The Bertz CT molecular complexity index is 913. The van der Waals surface area contributed by atoms with Crippen LogP contribution >= 0.6 is 0 Å². The average molecular weight is 380 g/mol. The number of carboxylic acids is 1. The monoisotopic (exact) mass is 380 g/mol. The first-order valence-corrected chi connectivity index (χ1v) is 9.42. The number of hydrogen-bond donors (Lipinski definition) is 3. The van der Waals surface area contributed by atoms with E-state index in [-0.39, 0.29) is 28.0 Å². The van der Waals surface area contributed by atoms with E-state index >= 15 is 0 Å². The first-order chi connectivity index (χ1) is 12.1. The van der Waals surface area contributed by atoms with Crippen molar-refractivity contribution in [2.45, 2.75) is 38.1 Å². The molecular weight excluding hydrogens is 360 g/mol. The van der Waals surface area contributed by atoms with E-state index in [0.29, 0.717) is 12.1 Å². The third-order valence-electron chi connectivity index (χ3n) is 3.40. The van der Waals surface area contributed by atoms with E-state index in [9.17, 15) is 18.0 Å². The molecule has 2 aromatic rings. The molecule has 0 fully saturated rings. The predicted octanol–water partition coefficient (Wildman–Crippen LogP) is 2.48. The number of amides is 1. The van der Waals surface area contributed by atoms with Gasteiger partial charge in [0.25, 0.3) is 5.91 Å². The Labute approximate surface area is 151 Å². The van der Waals surface area contributed by atoms with E-state index in [4.69, 9.17) is 9.52 Å². The summed E-state index contributed by atoms with van der Waals surface area (Å²) >= 11 is 0. The van der Waals surface area contributed by atoms with Gasteiger partial charge in [0, 0.05) is 24.2 Å². The molecule has 0 atom stereocenters. The van der Waals surface area contributed by atoms with Crippen LogP contribution < -0.4 is 10.0 Å². The van der Waals surface area contributed by atoms with Crippen molar-refractivity contribution in [3.8, 4) is 0 Å².